The predicted octanol–water partition coefficient (Wildman–Crippen LogP) is 4.16. The van der Waals surface area contributed by atoms with E-state index in [9.17, 15) is 4.79 Å². The number of rotatable bonds is 5. The molecular weight excluding hydrogens is 408 g/mol. The topological polar surface area (TPSA) is 68.3 Å². The highest BCUT2D eigenvalue weighted by Gasteiger charge is 2.30. The molecule has 0 saturated carbocycles. The molecular formula is C23H26N6OS. The van der Waals surface area contributed by atoms with Gasteiger partial charge >= 0.3 is 0 Å². The Hall–Kier alpha value is -2.87. The number of nitrogens with zero attached hydrogens (tertiary/aromatic N) is 6. The van der Waals surface area contributed by atoms with E-state index in [1.165, 1.54) is 6.42 Å². The zero-order chi connectivity index (χ0) is 21.4. The Balaban J connectivity index is 1.49. The van der Waals surface area contributed by atoms with E-state index in [2.05, 4.69) is 56.5 Å². The summed E-state index contributed by atoms with van der Waals surface area (Å²) in [4.78, 5) is 19.6. The minimum absolute atomic E-state index is 0.149. The number of carbonyl (C=O) groups excluding carboxylic acids is 1. The van der Waals surface area contributed by atoms with Crippen molar-refractivity contribution in [3.05, 3.63) is 54.4 Å². The molecule has 0 bridgehead atoms. The van der Waals surface area contributed by atoms with Crippen molar-refractivity contribution in [1.82, 2.24) is 29.0 Å². The molecule has 8 heteroatoms. The van der Waals surface area contributed by atoms with E-state index in [0.29, 0.717) is 5.78 Å². The number of fused-ring (bicyclic) bond motifs is 3. The normalized spacial score (nSPS) is 19.4. The number of hydrogen-bond donors (Lipinski definition) is 0. The van der Waals surface area contributed by atoms with E-state index in [4.69, 9.17) is 0 Å². The van der Waals surface area contributed by atoms with Crippen LogP contribution in [0.5, 0.6) is 0 Å². The smallest absolute Gasteiger partial charge is 0.243 e. The number of para-hydroxylation sites is 2. The minimum atomic E-state index is 0.149. The lowest BCUT2D eigenvalue weighted by molar-refractivity contribution is -0.137. The van der Waals surface area contributed by atoms with Gasteiger partial charge in [0.25, 0.3) is 0 Å². The molecule has 4 heterocycles. The monoisotopic (exact) mass is 434 g/mol. The number of pyridine rings is 1. The highest BCUT2D eigenvalue weighted by atomic mass is 32.2. The maximum absolute atomic E-state index is 13.3. The maximum Gasteiger partial charge on any atom is 0.243 e. The first kappa shape index (κ1) is 20.1. The van der Waals surface area contributed by atoms with Crippen molar-refractivity contribution in [1.29, 1.82) is 0 Å². The third kappa shape index (κ3) is 3.69. The Bertz CT molecular complexity index is 1210. The van der Waals surface area contributed by atoms with Crippen LogP contribution in [0, 0.1) is 0 Å². The van der Waals surface area contributed by atoms with Crippen LogP contribution in [-0.4, -0.2) is 47.0 Å². The van der Waals surface area contributed by atoms with Gasteiger partial charge in [0.15, 0.2) is 5.16 Å². The van der Waals surface area contributed by atoms with E-state index >= 15 is 0 Å². The van der Waals surface area contributed by atoms with Gasteiger partial charge in [0, 0.05) is 30.2 Å². The molecule has 160 valence electrons. The fourth-order valence-electron chi connectivity index (χ4n) is 4.65. The third-order valence-electron chi connectivity index (χ3n) is 6.14. The molecule has 1 amide bonds. The highest BCUT2D eigenvalue weighted by Crippen LogP contribution is 2.29. The van der Waals surface area contributed by atoms with Gasteiger partial charge in [0.2, 0.25) is 11.7 Å². The standard InChI is InChI=1S/C23H26N6OS/c1-16-7-5-8-17(2)28(16)21(30)14-27-19-10-3-4-11-20(19)29-22(27)25-26-23(29)31-15-18-9-6-12-24-13-18/h3-4,6,9-13,16-17H,5,7-8,14-15H2,1-2H3/t16-,17+. The molecule has 0 aliphatic carbocycles. The van der Waals surface area contributed by atoms with Crippen LogP contribution in [0.2, 0.25) is 0 Å². The number of carbonyl (C=O) groups is 1. The Morgan fingerprint density at radius 1 is 1.06 bits per heavy atom. The van der Waals surface area contributed by atoms with Crippen molar-refractivity contribution < 1.29 is 4.79 Å². The first-order valence-electron chi connectivity index (χ1n) is 10.8. The summed E-state index contributed by atoms with van der Waals surface area (Å²) >= 11 is 1.63. The Morgan fingerprint density at radius 3 is 2.58 bits per heavy atom. The molecule has 0 spiro atoms. The van der Waals surface area contributed by atoms with Crippen LogP contribution < -0.4 is 0 Å². The number of amides is 1. The summed E-state index contributed by atoms with van der Waals surface area (Å²) in [6.07, 6.45) is 6.97. The first-order valence-corrected chi connectivity index (χ1v) is 11.8. The lowest BCUT2D eigenvalue weighted by Gasteiger charge is -2.39. The summed E-state index contributed by atoms with van der Waals surface area (Å²) in [7, 11) is 0. The van der Waals surface area contributed by atoms with Gasteiger partial charge in [0.1, 0.15) is 6.54 Å². The van der Waals surface area contributed by atoms with Crippen LogP contribution in [-0.2, 0) is 17.1 Å². The molecule has 5 rings (SSSR count). The Kier molecular flexibility index (Phi) is 5.40. The second kappa shape index (κ2) is 8.34. The average Bonchev–Trinajstić information content (AvgIpc) is 3.32. The summed E-state index contributed by atoms with van der Waals surface area (Å²) in [5.41, 5.74) is 3.15. The van der Waals surface area contributed by atoms with E-state index in [1.54, 1.807) is 18.0 Å². The lowest BCUT2D eigenvalue weighted by atomic mass is 9.97. The SMILES string of the molecule is C[C@@H]1CCC[C@H](C)N1C(=O)Cn1c2ccccc2n2c(SCc3cccnc3)nnc12. The highest BCUT2D eigenvalue weighted by molar-refractivity contribution is 7.98. The van der Waals surface area contributed by atoms with Gasteiger partial charge in [-0.05, 0) is 56.9 Å². The molecule has 0 radical (unpaired) electrons. The zero-order valence-electron chi connectivity index (χ0n) is 17.8. The van der Waals surface area contributed by atoms with Crippen LogP contribution in [0.3, 0.4) is 0 Å². The summed E-state index contributed by atoms with van der Waals surface area (Å²) in [5.74, 6) is 1.62. The molecule has 1 saturated heterocycles. The molecule has 3 aromatic heterocycles. The van der Waals surface area contributed by atoms with E-state index < -0.39 is 0 Å². The van der Waals surface area contributed by atoms with Gasteiger partial charge in [-0.15, -0.1) is 10.2 Å². The number of aromatic nitrogens is 5. The van der Waals surface area contributed by atoms with Crippen molar-refractivity contribution in [2.75, 3.05) is 0 Å². The second-order valence-corrected chi connectivity index (χ2v) is 9.22. The summed E-state index contributed by atoms with van der Waals surface area (Å²) in [5, 5.41) is 9.73. The van der Waals surface area contributed by atoms with E-state index in [-0.39, 0.29) is 24.5 Å². The number of thioether (sulfide) groups is 1. The van der Waals surface area contributed by atoms with Crippen molar-refractivity contribution in [3.8, 4) is 0 Å². The molecule has 4 aromatic rings. The molecule has 1 aromatic carbocycles. The number of benzene rings is 1. The van der Waals surface area contributed by atoms with Gasteiger partial charge < -0.3 is 4.90 Å². The van der Waals surface area contributed by atoms with Crippen molar-refractivity contribution in [2.45, 2.75) is 62.6 Å². The third-order valence-corrected chi connectivity index (χ3v) is 7.14. The summed E-state index contributed by atoms with van der Waals surface area (Å²) in [6, 6.07) is 12.7. The maximum atomic E-state index is 13.3. The molecule has 31 heavy (non-hydrogen) atoms. The number of imidazole rings is 1. The Labute approximate surface area is 185 Å². The summed E-state index contributed by atoms with van der Waals surface area (Å²) in [6.45, 7) is 4.58. The fourth-order valence-corrected chi connectivity index (χ4v) is 5.52. The van der Waals surface area contributed by atoms with E-state index in [1.807, 2.05) is 29.0 Å². The van der Waals surface area contributed by atoms with Crippen LogP contribution in [0.1, 0.15) is 38.7 Å². The van der Waals surface area contributed by atoms with Crippen LogP contribution in [0.25, 0.3) is 16.8 Å². The second-order valence-electron chi connectivity index (χ2n) is 8.27. The van der Waals surface area contributed by atoms with Crippen molar-refractivity contribution >= 4 is 34.5 Å². The molecule has 1 aliphatic heterocycles. The summed E-state index contributed by atoms with van der Waals surface area (Å²) < 4.78 is 4.07. The Morgan fingerprint density at radius 2 is 1.84 bits per heavy atom. The largest absolute Gasteiger partial charge is 0.336 e. The van der Waals surface area contributed by atoms with Gasteiger partial charge in [-0.3, -0.25) is 18.7 Å². The van der Waals surface area contributed by atoms with Gasteiger partial charge in [-0.1, -0.05) is 30.0 Å². The van der Waals surface area contributed by atoms with Crippen LogP contribution >= 0.6 is 11.8 Å². The minimum Gasteiger partial charge on any atom is -0.336 e. The number of likely N-dealkylation sites (tertiary alicyclic amines) is 1. The molecule has 1 fully saturated rings. The van der Waals surface area contributed by atoms with Crippen molar-refractivity contribution in [3.63, 3.8) is 0 Å². The van der Waals surface area contributed by atoms with Crippen molar-refractivity contribution in [2.24, 2.45) is 0 Å². The van der Waals surface area contributed by atoms with Crippen LogP contribution in [0.15, 0.2) is 53.9 Å². The molecule has 0 N–H and O–H groups in total. The van der Waals surface area contributed by atoms with E-state index in [0.717, 1.165) is 40.3 Å². The van der Waals surface area contributed by atoms with Crippen LogP contribution in [0.4, 0.5) is 0 Å². The lowest BCUT2D eigenvalue weighted by Crippen LogP contribution is -2.48. The average molecular weight is 435 g/mol. The number of piperidine rings is 1. The predicted molar refractivity (Wildman–Crippen MR) is 122 cm³/mol. The number of hydrogen-bond acceptors (Lipinski definition) is 5. The quantitative estimate of drug-likeness (QED) is 0.441. The molecule has 1 aliphatic rings. The first-order chi connectivity index (χ1) is 15.1. The van der Waals surface area contributed by atoms with Gasteiger partial charge in [-0.25, -0.2) is 0 Å². The fraction of sp³-hybridized carbons (Fsp3) is 0.391. The molecule has 2 atom stereocenters. The zero-order valence-corrected chi connectivity index (χ0v) is 18.6. The van der Waals surface area contributed by atoms with Gasteiger partial charge in [0.05, 0.1) is 11.0 Å². The van der Waals surface area contributed by atoms with Gasteiger partial charge in [-0.2, -0.15) is 0 Å². The molecule has 7 nitrogen and oxygen atoms in total. The molecule has 0 unspecified atom stereocenters.